The van der Waals surface area contributed by atoms with Crippen molar-refractivity contribution in [3.8, 4) is 12.3 Å². The number of anilines is 9. The standard InChI is InChI=1S/C75H70BN3O2/c1-14-19-68-57(15-2)61-22-18-21-58(73(61)81-68)49-24-29-54(30-25-49)78-64-42-50(45(3)4)26-36-62(64)76-63-37-34-55(77(53-31-27-51(28-32-53)74(8,9)10)72-47(6)40-52(41-48(72)7)75(11,12)13)43-65(63)79(67-39-46(5)38-66(78)71(67)76)56-33-35-60-59-20-16-17-23-69(59)80-70(60)44-56/h2,14,16-17,19-21,23-45H,18,22H2,1,3-13H3/b19-14-. The van der Waals surface area contributed by atoms with Gasteiger partial charge in [0.1, 0.15) is 22.7 Å². The summed E-state index contributed by atoms with van der Waals surface area (Å²) in [4.78, 5) is 7.55. The summed E-state index contributed by atoms with van der Waals surface area (Å²) in [6.45, 7) is 27.1. The largest absolute Gasteiger partial charge is 0.456 e. The molecule has 3 aliphatic rings. The van der Waals surface area contributed by atoms with Gasteiger partial charge < -0.3 is 23.5 Å². The van der Waals surface area contributed by atoms with Gasteiger partial charge in [-0.2, -0.15) is 0 Å². The van der Waals surface area contributed by atoms with E-state index in [1.807, 2.05) is 19.1 Å². The Morgan fingerprint density at radius 1 is 0.630 bits per heavy atom. The molecule has 0 saturated heterocycles. The number of fused-ring (bicyclic) bond motifs is 8. The average Bonchev–Trinajstić information content (AvgIpc) is 2.66. The van der Waals surface area contributed by atoms with E-state index in [0.29, 0.717) is 5.92 Å². The molecule has 0 unspecified atom stereocenters. The quantitative estimate of drug-likeness (QED) is 0.112. The van der Waals surface area contributed by atoms with Gasteiger partial charge in [-0.05, 0) is 191 Å². The fraction of sp³-hybridized carbons (Fsp3) is 0.227. The molecule has 81 heavy (non-hydrogen) atoms. The predicted octanol–water partition coefficient (Wildman–Crippen LogP) is 18.8. The number of hydrogen-bond acceptors (Lipinski definition) is 5. The summed E-state index contributed by atoms with van der Waals surface area (Å²) in [7, 11) is 0. The summed E-state index contributed by atoms with van der Waals surface area (Å²) in [5, 5.41) is 2.22. The molecule has 0 N–H and O–H groups in total. The van der Waals surface area contributed by atoms with E-state index in [2.05, 4.69) is 255 Å². The zero-order chi connectivity index (χ0) is 56.4. The van der Waals surface area contributed by atoms with Crippen molar-refractivity contribution in [2.45, 2.75) is 113 Å². The van der Waals surface area contributed by atoms with Gasteiger partial charge in [0, 0.05) is 73.5 Å². The van der Waals surface area contributed by atoms with Crippen molar-refractivity contribution in [1.29, 1.82) is 0 Å². The first-order chi connectivity index (χ1) is 38.9. The predicted molar refractivity (Wildman–Crippen MR) is 345 cm³/mol. The van der Waals surface area contributed by atoms with Crippen LogP contribution in [0.25, 0.3) is 33.6 Å². The number of hydrogen-bond donors (Lipinski definition) is 0. The molecule has 2 aliphatic heterocycles. The number of aryl methyl sites for hydroxylation is 3. The highest BCUT2D eigenvalue weighted by Gasteiger charge is 2.44. The van der Waals surface area contributed by atoms with E-state index in [1.54, 1.807) is 0 Å². The van der Waals surface area contributed by atoms with Crippen LogP contribution in [0.3, 0.4) is 0 Å². The Morgan fingerprint density at radius 2 is 1.26 bits per heavy atom. The first-order valence-corrected chi connectivity index (χ1v) is 28.9. The van der Waals surface area contributed by atoms with Crippen LogP contribution in [-0.4, -0.2) is 6.71 Å². The minimum absolute atomic E-state index is 0.00193. The molecule has 1 aliphatic carbocycles. The van der Waals surface area contributed by atoms with Gasteiger partial charge in [0.2, 0.25) is 0 Å². The molecule has 0 spiro atoms. The van der Waals surface area contributed by atoms with Crippen LogP contribution in [0.2, 0.25) is 0 Å². The fourth-order valence-electron chi connectivity index (χ4n) is 13.2. The van der Waals surface area contributed by atoms with Gasteiger partial charge in [-0.25, -0.2) is 0 Å². The molecule has 6 heteroatoms. The summed E-state index contributed by atoms with van der Waals surface area (Å²) < 4.78 is 13.3. The number of para-hydroxylation sites is 1. The minimum Gasteiger partial charge on any atom is -0.456 e. The van der Waals surface area contributed by atoms with Gasteiger partial charge in [0.05, 0.1) is 11.3 Å². The molecule has 0 saturated carbocycles. The van der Waals surface area contributed by atoms with Gasteiger partial charge in [-0.15, -0.1) is 6.42 Å². The molecule has 10 aromatic rings. The third-order valence-electron chi connectivity index (χ3n) is 17.3. The summed E-state index contributed by atoms with van der Waals surface area (Å²) in [5.41, 5.74) is 27.5. The molecule has 4 heterocycles. The number of allylic oxidation sites excluding steroid dienone is 2. The highest BCUT2D eigenvalue weighted by molar-refractivity contribution is 7.00. The Balaban J connectivity index is 1.04. The topological polar surface area (TPSA) is 36.0 Å². The van der Waals surface area contributed by atoms with Gasteiger partial charge >= 0.3 is 0 Å². The van der Waals surface area contributed by atoms with Crippen LogP contribution in [-0.2, 0) is 17.3 Å². The molecule has 13 rings (SSSR count). The van der Waals surface area contributed by atoms with Crippen molar-refractivity contribution in [2.75, 3.05) is 14.7 Å². The zero-order valence-corrected chi connectivity index (χ0v) is 49.0. The number of terminal acetylenes is 1. The third-order valence-corrected chi connectivity index (χ3v) is 17.3. The lowest BCUT2D eigenvalue weighted by Crippen LogP contribution is -2.61. The lowest BCUT2D eigenvalue weighted by atomic mass is 9.33. The van der Waals surface area contributed by atoms with Crippen molar-refractivity contribution >= 4 is 108 Å². The Hall–Kier alpha value is -8.66. The van der Waals surface area contributed by atoms with Crippen molar-refractivity contribution in [2.24, 2.45) is 0 Å². The van der Waals surface area contributed by atoms with Gasteiger partial charge in [0.25, 0.3) is 6.71 Å². The first-order valence-electron chi connectivity index (χ1n) is 28.9. The second kappa shape index (κ2) is 19.3. The maximum Gasteiger partial charge on any atom is 0.252 e. The Kier molecular flexibility index (Phi) is 12.3. The highest BCUT2D eigenvalue weighted by atomic mass is 16.3. The summed E-state index contributed by atoms with van der Waals surface area (Å²) >= 11 is 0. The zero-order valence-electron chi connectivity index (χ0n) is 49.0. The molecular weight excluding hydrogens is 986 g/mol. The summed E-state index contributed by atoms with van der Waals surface area (Å²) in [5.74, 6) is 4.90. The van der Waals surface area contributed by atoms with Crippen LogP contribution in [0.15, 0.2) is 173 Å². The van der Waals surface area contributed by atoms with Crippen LogP contribution < -0.4 is 31.1 Å². The maximum absolute atomic E-state index is 6.72. The van der Waals surface area contributed by atoms with E-state index in [0.717, 1.165) is 103 Å². The second-order valence-corrected chi connectivity index (χ2v) is 25.2. The molecule has 0 atom stereocenters. The van der Waals surface area contributed by atoms with Gasteiger partial charge in [-0.3, -0.25) is 0 Å². The SMILES string of the molecule is C#Cc1c(/C=C\C)oc2c1CCC=C2c1ccc(N2c3cc(C(C)C)ccc3B3c4ccc(N(c5ccc(C(C)(C)C)cc5)c5c(C)cc(C(C)(C)C)cc5C)cc4N(c4ccc5c(c4)oc4ccccc45)c4cc(C)cc2c43)cc1. The number of rotatable bonds is 8. The van der Waals surface area contributed by atoms with E-state index in [1.165, 1.54) is 66.8 Å². The van der Waals surface area contributed by atoms with Crippen LogP contribution in [0.5, 0.6) is 0 Å². The first kappa shape index (κ1) is 51.8. The lowest BCUT2D eigenvalue weighted by molar-refractivity contribution is 0.537. The third kappa shape index (κ3) is 8.55. The van der Waals surface area contributed by atoms with Crippen molar-refractivity contribution in [1.82, 2.24) is 0 Å². The van der Waals surface area contributed by atoms with Crippen LogP contribution in [0.1, 0.15) is 136 Å². The van der Waals surface area contributed by atoms with Crippen LogP contribution >= 0.6 is 0 Å². The number of benzene rings is 8. The van der Waals surface area contributed by atoms with Crippen LogP contribution in [0, 0.1) is 33.1 Å². The summed E-state index contributed by atoms with van der Waals surface area (Å²) in [6, 6.07) is 57.6. The normalized spacial score (nSPS) is 13.9. The van der Waals surface area contributed by atoms with Crippen molar-refractivity contribution in [3.05, 3.63) is 225 Å². The monoisotopic (exact) mass is 1060 g/mol. The van der Waals surface area contributed by atoms with E-state index < -0.39 is 0 Å². The minimum atomic E-state index is -0.0758. The van der Waals surface area contributed by atoms with Gasteiger partial charge in [-0.1, -0.05) is 146 Å². The van der Waals surface area contributed by atoms with E-state index >= 15 is 0 Å². The Labute approximate surface area is 479 Å². The van der Waals surface area contributed by atoms with E-state index in [-0.39, 0.29) is 17.5 Å². The average molecular weight is 1060 g/mol. The number of furan rings is 2. The van der Waals surface area contributed by atoms with E-state index in [9.17, 15) is 0 Å². The molecule has 0 bridgehead atoms. The van der Waals surface area contributed by atoms with Gasteiger partial charge in [0.15, 0.2) is 0 Å². The summed E-state index contributed by atoms with van der Waals surface area (Å²) in [6.07, 6.45) is 14.2. The maximum atomic E-state index is 6.72. The fourth-order valence-corrected chi connectivity index (χ4v) is 13.2. The highest BCUT2D eigenvalue weighted by Crippen LogP contribution is 2.49. The molecule has 0 fully saturated rings. The molecule has 400 valence electrons. The molecule has 0 amide bonds. The van der Waals surface area contributed by atoms with Crippen molar-refractivity contribution < 1.29 is 8.83 Å². The Bertz CT molecular complexity index is 4270. The molecule has 0 radical (unpaired) electrons. The van der Waals surface area contributed by atoms with Crippen molar-refractivity contribution in [3.63, 3.8) is 0 Å². The smallest absolute Gasteiger partial charge is 0.252 e. The number of nitrogens with zero attached hydrogens (tertiary/aromatic N) is 3. The Morgan fingerprint density at radius 3 is 1.93 bits per heavy atom. The molecular formula is C75H70BN3O2. The van der Waals surface area contributed by atoms with Crippen LogP contribution in [0.4, 0.5) is 51.2 Å². The molecule has 2 aromatic heterocycles. The molecule has 8 aromatic carbocycles. The molecule has 5 nitrogen and oxygen atoms in total. The lowest BCUT2D eigenvalue weighted by Gasteiger charge is -2.45. The second-order valence-electron chi connectivity index (χ2n) is 25.2. The van der Waals surface area contributed by atoms with E-state index in [4.69, 9.17) is 15.3 Å².